The second kappa shape index (κ2) is 7.87. The lowest BCUT2D eigenvalue weighted by Crippen LogP contribution is -2.35. The summed E-state index contributed by atoms with van der Waals surface area (Å²) in [6.07, 6.45) is 0. The number of nitro benzene ring substituents is 1. The summed E-state index contributed by atoms with van der Waals surface area (Å²) >= 11 is 0. The number of benzene rings is 2. The van der Waals surface area contributed by atoms with Crippen LogP contribution in [0.4, 0.5) is 5.69 Å². The van der Waals surface area contributed by atoms with Crippen LogP contribution in [0, 0.1) is 17.0 Å². The first-order chi connectivity index (χ1) is 11.5. The van der Waals surface area contributed by atoms with Gasteiger partial charge in [0.15, 0.2) is 0 Å². The molecule has 0 atom stereocenters. The number of hydrogen-bond acceptors (Lipinski definition) is 4. The van der Waals surface area contributed by atoms with Gasteiger partial charge in [0, 0.05) is 35.8 Å². The number of nitro groups is 1. The summed E-state index contributed by atoms with van der Waals surface area (Å²) in [5.41, 5.74) is 1.00. The van der Waals surface area contributed by atoms with Crippen LogP contribution in [0.3, 0.4) is 0 Å². The average molecular weight is 327 g/mol. The van der Waals surface area contributed by atoms with Gasteiger partial charge in [-0.15, -0.1) is 0 Å². The molecule has 2 N–H and O–H groups in total. The van der Waals surface area contributed by atoms with Crippen molar-refractivity contribution in [2.24, 2.45) is 0 Å². The predicted molar refractivity (Wildman–Crippen MR) is 88.9 cm³/mol. The maximum Gasteiger partial charge on any atom is 0.273 e. The molecule has 0 aliphatic heterocycles. The fourth-order valence-electron chi connectivity index (χ4n) is 2.21. The van der Waals surface area contributed by atoms with Crippen LogP contribution in [0.25, 0.3) is 0 Å². The van der Waals surface area contributed by atoms with Gasteiger partial charge < -0.3 is 10.6 Å². The fraction of sp³-hybridized carbons (Fsp3) is 0.176. The molecule has 0 radical (unpaired) electrons. The molecular weight excluding hydrogens is 310 g/mol. The number of hydrogen-bond donors (Lipinski definition) is 2. The first kappa shape index (κ1) is 17.1. The molecule has 2 aromatic rings. The van der Waals surface area contributed by atoms with E-state index in [0.29, 0.717) is 11.1 Å². The number of amides is 2. The minimum atomic E-state index is -0.522. The SMILES string of the molecule is Cc1c(C(=O)NCCNC(=O)c2ccccc2)cccc1[N+](=O)[O-]. The lowest BCUT2D eigenvalue weighted by atomic mass is 10.1. The lowest BCUT2D eigenvalue weighted by molar-refractivity contribution is -0.385. The molecule has 7 heteroatoms. The summed E-state index contributed by atoms with van der Waals surface area (Å²) in [4.78, 5) is 34.3. The molecule has 7 nitrogen and oxygen atoms in total. The van der Waals surface area contributed by atoms with E-state index in [1.165, 1.54) is 25.1 Å². The van der Waals surface area contributed by atoms with E-state index in [1.807, 2.05) is 6.07 Å². The minimum Gasteiger partial charge on any atom is -0.350 e. The number of nitrogens with one attached hydrogen (secondary N) is 2. The Morgan fingerprint density at radius 2 is 1.58 bits per heavy atom. The van der Waals surface area contributed by atoms with Crippen molar-refractivity contribution in [2.45, 2.75) is 6.92 Å². The molecule has 0 bridgehead atoms. The van der Waals surface area contributed by atoms with Gasteiger partial charge in [0.2, 0.25) is 0 Å². The molecule has 24 heavy (non-hydrogen) atoms. The first-order valence-electron chi connectivity index (χ1n) is 7.36. The number of rotatable bonds is 6. The third-order valence-electron chi connectivity index (χ3n) is 3.48. The van der Waals surface area contributed by atoms with Crippen LogP contribution >= 0.6 is 0 Å². The van der Waals surface area contributed by atoms with E-state index < -0.39 is 10.8 Å². The van der Waals surface area contributed by atoms with E-state index in [1.54, 1.807) is 24.3 Å². The molecule has 0 heterocycles. The van der Waals surface area contributed by atoms with E-state index in [2.05, 4.69) is 10.6 Å². The smallest absolute Gasteiger partial charge is 0.273 e. The van der Waals surface area contributed by atoms with Crippen molar-refractivity contribution in [3.05, 3.63) is 75.3 Å². The topological polar surface area (TPSA) is 101 Å². The van der Waals surface area contributed by atoms with Gasteiger partial charge in [-0.1, -0.05) is 24.3 Å². The van der Waals surface area contributed by atoms with Gasteiger partial charge in [0.1, 0.15) is 0 Å². The van der Waals surface area contributed by atoms with Crippen LogP contribution in [0.15, 0.2) is 48.5 Å². The first-order valence-corrected chi connectivity index (χ1v) is 7.36. The Bertz CT molecular complexity index is 760. The Balaban J connectivity index is 1.87. The van der Waals surface area contributed by atoms with Gasteiger partial charge in [0.05, 0.1) is 4.92 Å². The van der Waals surface area contributed by atoms with Crippen LogP contribution in [-0.2, 0) is 0 Å². The summed E-state index contributed by atoms with van der Waals surface area (Å²) in [7, 11) is 0. The van der Waals surface area contributed by atoms with E-state index >= 15 is 0 Å². The summed E-state index contributed by atoms with van der Waals surface area (Å²) < 4.78 is 0. The van der Waals surface area contributed by atoms with Crippen LogP contribution in [0.5, 0.6) is 0 Å². The van der Waals surface area contributed by atoms with Gasteiger partial charge >= 0.3 is 0 Å². The Morgan fingerprint density at radius 3 is 2.21 bits per heavy atom. The van der Waals surface area contributed by atoms with Crippen molar-refractivity contribution >= 4 is 17.5 Å². The zero-order valence-corrected chi connectivity index (χ0v) is 13.1. The molecule has 0 aliphatic carbocycles. The molecule has 2 amide bonds. The standard InChI is InChI=1S/C17H17N3O4/c1-12-14(8-5-9-15(12)20(23)24)17(22)19-11-10-18-16(21)13-6-3-2-4-7-13/h2-9H,10-11H2,1H3,(H,18,21)(H,19,22). The van der Waals surface area contributed by atoms with Crippen molar-refractivity contribution in [1.82, 2.24) is 10.6 Å². The van der Waals surface area contributed by atoms with Crippen LogP contribution in [0.1, 0.15) is 26.3 Å². The highest BCUT2D eigenvalue weighted by Gasteiger charge is 2.17. The molecule has 0 aromatic heterocycles. The maximum atomic E-state index is 12.1. The second-order valence-corrected chi connectivity index (χ2v) is 5.08. The van der Waals surface area contributed by atoms with Crippen molar-refractivity contribution in [3.63, 3.8) is 0 Å². The van der Waals surface area contributed by atoms with Crippen molar-refractivity contribution in [1.29, 1.82) is 0 Å². The summed E-state index contributed by atoms with van der Waals surface area (Å²) in [6.45, 7) is 2.01. The quantitative estimate of drug-likeness (QED) is 0.482. The van der Waals surface area contributed by atoms with E-state index in [4.69, 9.17) is 0 Å². The Morgan fingerprint density at radius 1 is 0.958 bits per heavy atom. The van der Waals surface area contributed by atoms with Gasteiger partial charge in [0.25, 0.3) is 17.5 Å². The molecule has 124 valence electrons. The molecule has 2 aromatic carbocycles. The molecule has 0 unspecified atom stereocenters. The third kappa shape index (κ3) is 4.16. The molecular formula is C17H17N3O4. The van der Waals surface area contributed by atoms with E-state index in [9.17, 15) is 19.7 Å². The second-order valence-electron chi connectivity index (χ2n) is 5.08. The highest BCUT2D eigenvalue weighted by molar-refractivity contribution is 5.96. The Kier molecular flexibility index (Phi) is 5.62. The minimum absolute atomic E-state index is 0.0972. The summed E-state index contributed by atoms with van der Waals surface area (Å²) in [5.74, 6) is -0.637. The molecule has 2 rings (SSSR count). The highest BCUT2D eigenvalue weighted by atomic mass is 16.6. The van der Waals surface area contributed by atoms with Gasteiger partial charge in [-0.2, -0.15) is 0 Å². The van der Waals surface area contributed by atoms with Crippen molar-refractivity contribution in [2.75, 3.05) is 13.1 Å². The van der Waals surface area contributed by atoms with Gasteiger partial charge in [-0.25, -0.2) is 0 Å². The summed E-state index contributed by atoms with van der Waals surface area (Å²) in [6, 6.07) is 13.1. The van der Waals surface area contributed by atoms with Crippen LogP contribution < -0.4 is 10.6 Å². The van der Waals surface area contributed by atoms with Crippen LogP contribution in [0.2, 0.25) is 0 Å². The zero-order chi connectivity index (χ0) is 17.5. The van der Waals surface area contributed by atoms with E-state index in [-0.39, 0.29) is 30.2 Å². The van der Waals surface area contributed by atoms with Gasteiger partial charge in [-0.3, -0.25) is 19.7 Å². The predicted octanol–water partition coefficient (Wildman–Crippen LogP) is 2.06. The largest absolute Gasteiger partial charge is 0.350 e. The molecule has 0 saturated heterocycles. The highest BCUT2D eigenvalue weighted by Crippen LogP contribution is 2.20. The number of carbonyl (C=O) groups is 2. The van der Waals surface area contributed by atoms with Crippen molar-refractivity contribution in [3.8, 4) is 0 Å². The Labute approximate surface area is 138 Å². The molecule has 0 fully saturated rings. The maximum absolute atomic E-state index is 12.1. The molecule has 0 spiro atoms. The van der Waals surface area contributed by atoms with E-state index in [0.717, 1.165) is 0 Å². The summed E-state index contributed by atoms with van der Waals surface area (Å²) in [5, 5.41) is 16.2. The Hall–Kier alpha value is -3.22. The fourth-order valence-corrected chi connectivity index (χ4v) is 2.21. The number of carbonyl (C=O) groups excluding carboxylic acids is 2. The molecule has 0 aliphatic rings. The van der Waals surface area contributed by atoms with Gasteiger partial charge in [-0.05, 0) is 25.1 Å². The number of nitrogens with zero attached hydrogens (tertiary/aromatic N) is 1. The van der Waals surface area contributed by atoms with Crippen LogP contribution in [-0.4, -0.2) is 29.8 Å². The average Bonchev–Trinajstić information content (AvgIpc) is 2.59. The molecule has 0 saturated carbocycles. The lowest BCUT2D eigenvalue weighted by Gasteiger charge is -2.09. The third-order valence-corrected chi connectivity index (χ3v) is 3.48. The zero-order valence-electron chi connectivity index (χ0n) is 13.1. The van der Waals surface area contributed by atoms with Crippen molar-refractivity contribution < 1.29 is 14.5 Å². The monoisotopic (exact) mass is 327 g/mol. The normalized spacial score (nSPS) is 10.0.